The minimum absolute atomic E-state index is 0.365. The number of aromatic nitrogens is 3. The first-order chi connectivity index (χ1) is 9.78. The fourth-order valence-electron chi connectivity index (χ4n) is 1.86. The highest BCUT2D eigenvalue weighted by Crippen LogP contribution is 2.27. The highest BCUT2D eigenvalue weighted by molar-refractivity contribution is 7.16. The largest absolute Gasteiger partial charge is 0.369 e. The Labute approximate surface area is 119 Å². The second kappa shape index (κ2) is 5.50. The minimum atomic E-state index is -0.365. The van der Waals surface area contributed by atoms with Crippen molar-refractivity contribution >= 4 is 27.4 Å². The average Bonchev–Trinajstić information content (AvgIpc) is 2.94. The van der Waals surface area contributed by atoms with Gasteiger partial charge >= 0.3 is 0 Å². The van der Waals surface area contributed by atoms with Crippen molar-refractivity contribution in [3.8, 4) is 11.5 Å². The Morgan fingerprint density at radius 2 is 2.15 bits per heavy atom. The van der Waals surface area contributed by atoms with E-state index in [2.05, 4.69) is 27.2 Å². The van der Waals surface area contributed by atoms with Crippen LogP contribution in [0.4, 0.5) is 10.2 Å². The lowest BCUT2D eigenvalue weighted by Gasteiger charge is -2.07. The molecule has 1 N–H and O–H groups in total. The molecule has 0 aliphatic heterocycles. The molecule has 0 unspecified atom stereocenters. The first-order valence-corrected chi connectivity index (χ1v) is 7.27. The first kappa shape index (κ1) is 12.9. The van der Waals surface area contributed by atoms with Crippen LogP contribution in [0.5, 0.6) is 0 Å². The molecule has 3 aromatic heterocycles. The van der Waals surface area contributed by atoms with Gasteiger partial charge in [-0.1, -0.05) is 6.92 Å². The Morgan fingerprint density at radius 3 is 2.90 bits per heavy atom. The first-order valence-electron chi connectivity index (χ1n) is 6.39. The molecule has 0 aromatic carbocycles. The van der Waals surface area contributed by atoms with E-state index in [1.165, 1.54) is 12.3 Å². The molecular formula is C14H13FN4S. The van der Waals surface area contributed by atoms with E-state index >= 15 is 0 Å². The van der Waals surface area contributed by atoms with E-state index in [4.69, 9.17) is 0 Å². The normalized spacial score (nSPS) is 10.9. The van der Waals surface area contributed by atoms with Crippen molar-refractivity contribution < 1.29 is 4.39 Å². The minimum Gasteiger partial charge on any atom is -0.369 e. The van der Waals surface area contributed by atoms with Crippen molar-refractivity contribution in [2.24, 2.45) is 0 Å². The molecule has 102 valence electrons. The number of nitrogens with zero attached hydrogens (tertiary/aromatic N) is 3. The van der Waals surface area contributed by atoms with E-state index in [1.807, 2.05) is 11.4 Å². The molecule has 0 spiro atoms. The molecule has 0 aliphatic carbocycles. The van der Waals surface area contributed by atoms with Gasteiger partial charge in [0.15, 0.2) is 5.82 Å². The van der Waals surface area contributed by atoms with Crippen molar-refractivity contribution in [1.82, 2.24) is 15.0 Å². The summed E-state index contributed by atoms with van der Waals surface area (Å²) in [4.78, 5) is 13.9. The van der Waals surface area contributed by atoms with Crippen LogP contribution in [-0.4, -0.2) is 21.5 Å². The molecule has 0 fully saturated rings. The van der Waals surface area contributed by atoms with Gasteiger partial charge in [0.2, 0.25) is 0 Å². The Balaban J connectivity index is 2.08. The zero-order valence-corrected chi connectivity index (χ0v) is 11.7. The molecule has 3 aromatic rings. The fraction of sp³-hybridized carbons (Fsp3) is 0.214. The van der Waals surface area contributed by atoms with Crippen molar-refractivity contribution in [3.63, 3.8) is 0 Å². The van der Waals surface area contributed by atoms with Crippen LogP contribution in [0.1, 0.15) is 13.3 Å². The van der Waals surface area contributed by atoms with Gasteiger partial charge in [-0.05, 0) is 30.0 Å². The number of hydrogen-bond acceptors (Lipinski definition) is 5. The molecule has 6 heteroatoms. The zero-order chi connectivity index (χ0) is 13.9. The molecule has 3 rings (SSSR count). The molecule has 0 amide bonds. The average molecular weight is 288 g/mol. The van der Waals surface area contributed by atoms with Crippen LogP contribution in [0, 0.1) is 5.82 Å². The number of hydrogen-bond donors (Lipinski definition) is 1. The van der Waals surface area contributed by atoms with Crippen LogP contribution >= 0.6 is 11.3 Å². The zero-order valence-electron chi connectivity index (χ0n) is 10.9. The number of rotatable bonds is 4. The van der Waals surface area contributed by atoms with E-state index in [0.717, 1.165) is 29.0 Å². The maximum Gasteiger partial charge on any atom is 0.181 e. The van der Waals surface area contributed by atoms with Gasteiger partial charge in [-0.15, -0.1) is 11.3 Å². The van der Waals surface area contributed by atoms with E-state index < -0.39 is 0 Å². The lowest BCUT2D eigenvalue weighted by molar-refractivity contribution is 0.621. The van der Waals surface area contributed by atoms with Gasteiger partial charge < -0.3 is 5.32 Å². The quantitative estimate of drug-likeness (QED) is 0.795. The summed E-state index contributed by atoms with van der Waals surface area (Å²) in [6.45, 7) is 2.94. The second-order valence-electron chi connectivity index (χ2n) is 4.32. The summed E-state index contributed by atoms with van der Waals surface area (Å²) in [7, 11) is 0. The Kier molecular flexibility index (Phi) is 3.56. The maximum absolute atomic E-state index is 12.9. The molecule has 0 atom stereocenters. The third kappa shape index (κ3) is 2.46. The van der Waals surface area contributed by atoms with Crippen LogP contribution in [-0.2, 0) is 0 Å². The van der Waals surface area contributed by atoms with Crippen LogP contribution in [0.2, 0.25) is 0 Å². The predicted octanol–water partition coefficient (Wildman–Crippen LogP) is 3.71. The molecule has 4 nitrogen and oxygen atoms in total. The third-order valence-electron chi connectivity index (χ3n) is 2.82. The van der Waals surface area contributed by atoms with E-state index in [1.54, 1.807) is 17.4 Å². The summed E-state index contributed by atoms with van der Waals surface area (Å²) < 4.78 is 12.9. The molecule has 0 saturated heterocycles. The van der Waals surface area contributed by atoms with Crippen molar-refractivity contribution in [3.05, 3.63) is 35.6 Å². The van der Waals surface area contributed by atoms with Gasteiger partial charge in [-0.2, -0.15) is 0 Å². The molecule has 0 aliphatic rings. The number of pyridine rings is 1. The summed E-state index contributed by atoms with van der Waals surface area (Å²) in [5.41, 5.74) is 0.571. The van der Waals surface area contributed by atoms with Gasteiger partial charge in [-0.25, -0.2) is 19.3 Å². The van der Waals surface area contributed by atoms with Crippen molar-refractivity contribution in [1.29, 1.82) is 0 Å². The monoisotopic (exact) mass is 288 g/mol. The standard InChI is InChI=1S/C14H13FN4S/c1-2-6-16-12-10-5-7-20-14(10)19-13(18-12)11-4-3-9(15)8-17-11/h3-5,7-8H,2,6H2,1H3,(H,16,18,19). The fourth-order valence-corrected chi connectivity index (χ4v) is 2.62. The number of nitrogens with one attached hydrogen (secondary N) is 1. The number of thiophene rings is 1. The van der Waals surface area contributed by atoms with Crippen molar-refractivity contribution in [2.75, 3.05) is 11.9 Å². The third-order valence-corrected chi connectivity index (χ3v) is 3.63. The van der Waals surface area contributed by atoms with Gasteiger partial charge in [-0.3, -0.25) is 0 Å². The summed E-state index contributed by atoms with van der Waals surface area (Å²) >= 11 is 1.55. The second-order valence-corrected chi connectivity index (χ2v) is 5.22. The van der Waals surface area contributed by atoms with Crippen molar-refractivity contribution in [2.45, 2.75) is 13.3 Å². The Bertz CT molecular complexity index is 724. The number of halogens is 1. The highest BCUT2D eigenvalue weighted by atomic mass is 32.1. The van der Waals surface area contributed by atoms with E-state index in [0.29, 0.717) is 11.5 Å². The highest BCUT2D eigenvalue weighted by Gasteiger charge is 2.11. The lowest BCUT2D eigenvalue weighted by Crippen LogP contribution is -2.04. The Hall–Kier alpha value is -2.08. The van der Waals surface area contributed by atoms with Gasteiger partial charge in [0.25, 0.3) is 0 Å². The molecule has 3 heterocycles. The van der Waals surface area contributed by atoms with Gasteiger partial charge in [0, 0.05) is 6.54 Å². The summed E-state index contributed by atoms with van der Waals surface area (Å²) in [6, 6.07) is 4.96. The molecule has 0 bridgehead atoms. The Morgan fingerprint density at radius 1 is 1.25 bits per heavy atom. The maximum atomic E-state index is 12.9. The summed E-state index contributed by atoms with van der Waals surface area (Å²) in [5, 5.41) is 6.29. The molecule has 0 saturated carbocycles. The van der Waals surface area contributed by atoms with E-state index in [9.17, 15) is 4.39 Å². The van der Waals surface area contributed by atoms with Crippen LogP contribution in [0.3, 0.4) is 0 Å². The number of anilines is 1. The van der Waals surface area contributed by atoms with Gasteiger partial charge in [0.05, 0.1) is 11.6 Å². The van der Waals surface area contributed by atoms with Crippen LogP contribution in [0.15, 0.2) is 29.8 Å². The molecule has 0 radical (unpaired) electrons. The van der Waals surface area contributed by atoms with Crippen LogP contribution < -0.4 is 5.32 Å². The predicted molar refractivity (Wildman–Crippen MR) is 79.4 cm³/mol. The lowest BCUT2D eigenvalue weighted by atomic mass is 10.3. The summed E-state index contributed by atoms with van der Waals surface area (Å²) in [6.07, 6.45) is 2.19. The number of fused-ring (bicyclic) bond motifs is 1. The van der Waals surface area contributed by atoms with Gasteiger partial charge in [0.1, 0.15) is 22.2 Å². The SMILES string of the molecule is CCCNc1nc(-c2ccc(F)cn2)nc2sccc12. The van der Waals surface area contributed by atoms with E-state index in [-0.39, 0.29) is 5.82 Å². The smallest absolute Gasteiger partial charge is 0.181 e. The van der Waals surface area contributed by atoms with Crippen LogP contribution in [0.25, 0.3) is 21.7 Å². The molecule has 20 heavy (non-hydrogen) atoms. The molecular weight excluding hydrogens is 275 g/mol. The summed E-state index contributed by atoms with van der Waals surface area (Å²) in [5.74, 6) is 0.952. The topological polar surface area (TPSA) is 50.7 Å².